The van der Waals surface area contributed by atoms with Gasteiger partial charge in [-0.3, -0.25) is 9.78 Å². The second-order valence-electron chi connectivity index (χ2n) is 6.61. The highest BCUT2D eigenvalue weighted by Crippen LogP contribution is 2.42. The number of likely N-dealkylation sites (tertiary alicyclic amines) is 1. The molecule has 0 bridgehead atoms. The number of thiophene rings is 1. The van der Waals surface area contributed by atoms with Crippen LogP contribution in [0.1, 0.15) is 28.9 Å². The number of aliphatic hydroxyl groups is 1. The molecule has 5 heteroatoms. The largest absolute Gasteiger partial charge is 0.385 e. The third kappa shape index (κ3) is 3.04. The molecule has 4 rings (SSSR count). The standard InChI is InChI=1S/C21H20N2O2S/c1-23-19(24)12-16(14-6-3-2-4-7-14)20(23)21(25)18-10-9-17(26-18)15-8-5-11-22-13-15/h2-11,13,16,20-21,25H,12H2,1H3/t16-,20-,21+/m0/s1. The number of aliphatic hydroxyl groups excluding tert-OH is 1. The average Bonchev–Trinajstić information content (AvgIpc) is 3.29. The number of pyridine rings is 1. The lowest BCUT2D eigenvalue weighted by atomic mass is 9.88. The van der Waals surface area contributed by atoms with E-state index >= 15 is 0 Å². The Kier molecular flexibility index (Phi) is 4.57. The zero-order chi connectivity index (χ0) is 18.1. The van der Waals surface area contributed by atoms with E-state index in [1.165, 1.54) is 0 Å². The van der Waals surface area contributed by atoms with E-state index in [0.717, 1.165) is 20.9 Å². The molecule has 0 radical (unpaired) electrons. The molecule has 1 aliphatic rings. The van der Waals surface area contributed by atoms with Crippen LogP contribution in [0.2, 0.25) is 0 Å². The van der Waals surface area contributed by atoms with Crippen molar-refractivity contribution in [3.05, 3.63) is 77.4 Å². The molecule has 1 saturated heterocycles. The van der Waals surface area contributed by atoms with Crippen LogP contribution in [0, 0.1) is 0 Å². The SMILES string of the molecule is CN1C(=O)C[C@@H](c2ccccc2)[C@H]1[C@H](O)c1ccc(-c2cccnc2)s1. The van der Waals surface area contributed by atoms with Gasteiger partial charge in [-0.05, 0) is 23.8 Å². The van der Waals surface area contributed by atoms with Gasteiger partial charge in [0.2, 0.25) is 5.91 Å². The van der Waals surface area contributed by atoms with Crippen LogP contribution in [-0.2, 0) is 4.79 Å². The van der Waals surface area contributed by atoms with Crippen LogP contribution in [0.15, 0.2) is 67.0 Å². The van der Waals surface area contributed by atoms with E-state index in [0.29, 0.717) is 6.42 Å². The third-order valence-electron chi connectivity index (χ3n) is 5.06. The number of aromatic nitrogens is 1. The number of benzene rings is 1. The number of rotatable bonds is 4. The molecule has 3 aromatic rings. The monoisotopic (exact) mass is 364 g/mol. The molecule has 0 aliphatic carbocycles. The zero-order valence-corrected chi connectivity index (χ0v) is 15.3. The van der Waals surface area contributed by atoms with Gasteiger partial charge in [-0.15, -0.1) is 11.3 Å². The third-order valence-corrected chi connectivity index (χ3v) is 6.27. The van der Waals surface area contributed by atoms with E-state index in [2.05, 4.69) is 4.98 Å². The van der Waals surface area contributed by atoms with Gasteiger partial charge in [0.25, 0.3) is 0 Å². The van der Waals surface area contributed by atoms with Gasteiger partial charge in [0.15, 0.2) is 0 Å². The minimum absolute atomic E-state index is 0.00681. The summed E-state index contributed by atoms with van der Waals surface area (Å²) in [5.74, 6) is 0.0691. The first-order chi connectivity index (χ1) is 12.6. The summed E-state index contributed by atoms with van der Waals surface area (Å²) in [6.07, 6.45) is 3.28. The van der Waals surface area contributed by atoms with Gasteiger partial charge in [-0.2, -0.15) is 0 Å². The quantitative estimate of drug-likeness (QED) is 0.765. The fourth-order valence-electron chi connectivity index (χ4n) is 3.68. The summed E-state index contributed by atoms with van der Waals surface area (Å²) in [4.78, 5) is 20.1. The Bertz CT molecular complexity index is 895. The normalized spacial score (nSPS) is 21.2. The molecule has 3 atom stereocenters. The molecule has 0 unspecified atom stereocenters. The maximum Gasteiger partial charge on any atom is 0.223 e. The molecule has 3 heterocycles. The molecule has 132 valence electrons. The average molecular weight is 364 g/mol. The number of hydrogen-bond acceptors (Lipinski definition) is 4. The first-order valence-corrected chi connectivity index (χ1v) is 9.45. The van der Waals surface area contributed by atoms with Crippen molar-refractivity contribution in [1.29, 1.82) is 0 Å². The summed E-state index contributed by atoms with van der Waals surface area (Å²) < 4.78 is 0. The molecular weight excluding hydrogens is 344 g/mol. The smallest absolute Gasteiger partial charge is 0.223 e. The van der Waals surface area contributed by atoms with Crippen LogP contribution in [0.4, 0.5) is 0 Å². The predicted molar refractivity (Wildman–Crippen MR) is 103 cm³/mol. The summed E-state index contributed by atoms with van der Waals surface area (Å²) in [7, 11) is 1.79. The predicted octanol–water partition coefficient (Wildman–Crippen LogP) is 3.86. The van der Waals surface area contributed by atoms with Gasteiger partial charge in [0, 0.05) is 47.1 Å². The van der Waals surface area contributed by atoms with E-state index in [-0.39, 0.29) is 17.9 Å². The number of carbonyl (C=O) groups excluding carboxylic acids is 1. The summed E-state index contributed by atoms with van der Waals surface area (Å²) in [6, 6.07) is 17.6. The fourth-order valence-corrected chi connectivity index (χ4v) is 4.70. The molecule has 4 nitrogen and oxygen atoms in total. The summed E-state index contributed by atoms with van der Waals surface area (Å²) in [5.41, 5.74) is 2.13. The highest BCUT2D eigenvalue weighted by Gasteiger charge is 2.43. The number of carbonyl (C=O) groups is 1. The number of nitrogens with zero attached hydrogens (tertiary/aromatic N) is 2. The van der Waals surface area contributed by atoms with Gasteiger partial charge in [0.05, 0.1) is 6.04 Å². The molecule has 1 aliphatic heterocycles. The second kappa shape index (κ2) is 7.02. The molecular formula is C21H20N2O2S. The Hall–Kier alpha value is -2.50. The van der Waals surface area contributed by atoms with Crippen molar-refractivity contribution in [1.82, 2.24) is 9.88 Å². The number of amides is 1. The highest BCUT2D eigenvalue weighted by atomic mass is 32.1. The van der Waals surface area contributed by atoms with Crippen LogP contribution in [0.3, 0.4) is 0 Å². The van der Waals surface area contributed by atoms with Crippen molar-refractivity contribution in [2.75, 3.05) is 7.05 Å². The molecule has 1 aromatic carbocycles. The topological polar surface area (TPSA) is 53.4 Å². The van der Waals surface area contributed by atoms with Crippen molar-refractivity contribution in [3.8, 4) is 10.4 Å². The molecule has 0 saturated carbocycles. The van der Waals surface area contributed by atoms with Crippen LogP contribution < -0.4 is 0 Å². The fraction of sp³-hybridized carbons (Fsp3) is 0.238. The minimum atomic E-state index is -0.716. The molecule has 1 N–H and O–H groups in total. The maximum absolute atomic E-state index is 12.3. The number of likely N-dealkylation sites (N-methyl/N-ethyl adjacent to an activating group) is 1. The molecule has 2 aromatic heterocycles. The first-order valence-electron chi connectivity index (χ1n) is 8.64. The molecule has 26 heavy (non-hydrogen) atoms. The van der Waals surface area contributed by atoms with Gasteiger partial charge in [-0.25, -0.2) is 0 Å². The van der Waals surface area contributed by atoms with E-state index in [9.17, 15) is 9.90 Å². The van der Waals surface area contributed by atoms with E-state index in [4.69, 9.17) is 0 Å². The van der Waals surface area contributed by atoms with Gasteiger partial charge >= 0.3 is 0 Å². The number of hydrogen-bond donors (Lipinski definition) is 1. The Labute approximate surface area is 156 Å². The highest BCUT2D eigenvalue weighted by molar-refractivity contribution is 7.15. The van der Waals surface area contributed by atoms with E-state index in [1.54, 1.807) is 29.5 Å². The summed E-state index contributed by atoms with van der Waals surface area (Å²) in [6.45, 7) is 0. The van der Waals surface area contributed by atoms with Gasteiger partial charge < -0.3 is 10.0 Å². The lowest BCUT2D eigenvalue weighted by Gasteiger charge is -2.29. The summed E-state index contributed by atoms with van der Waals surface area (Å²) in [5, 5.41) is 11.1. The molecule has 1 fully saturated rings. The minimum Gasteiger partial charge on any atom is -0.385 e. The van der Waals surface area contributed by atoms with Crippen molar-refractivity contribution < 1.29 is 9.90 Å². The van der Waals surface area contributed by atoms with E-state index < -0.39 is 6.10 Å². The zero-order valence-electron chi connectivity index (χ0n) is 14.4. The Morgan fingerprint density at radius 3 is 2.69 bits per heavy atom. The van der Waals surface area contributed by atoms with Crippen LogP contribution in [0.25, 0.3) is 10.4 Å². The second-order valence-corrected chi connectivity index (χ2v) is 7.72. The van der Waals surface area contributed by atoms with Crippen LogP contribution >= 0.6 is 11.3 Å². The van der Waals surface area contributed by atoms with Crippen molar-refractivity contribution in [2.24, 2.45) is 0 Å². The Balaban J connectivity index is 1.64. The lowest BCUT2D eigenvalue weighted by molar-refractivity contribution is -0.128. The molecule has 1 amide bonds. The Morgan fingerprint density at radius 2 is 1.96 bits per heavy atom. The van der Waals surface area contributed by atoms with Crippen molar-refractivity contribution >= 4 is 17.2 Å². The van der Waals surface area contributed by atoms with Crippen LogP contribution in [-0.4, -0.2) is 34.0 Å². The molecule has 0 spiro atoms. The van der Waals surface area contributed by atoms with Gasteiger partial charge in [-0.1, -0.05) is 36.4 Å². The van der Waals surface area contributed by atoms with Crippen molar-refractivity contribution in [3.63, 3.8) is 0 Å². The van der Waals surface area contributed by atoms with Gasteiger partial charge in [0.1, 0.15) is 6.10 Å². The summed E-state index contributed by atoms with van der Waals surface area (Å²) >= 11 is 1.55. The van der Waals surface area contributed by atoms with Crippen LogP contribution in [0.5, 0.6) is 0 Å². The Morgan fingerprint density at radius 1 is 1.15 bits per heavy atom. The maximum atomic E-state index is 12.3. The van der Waals surface area contributed by atoms with E-state index in [1.807, 2.05) is 60.8 Å². The lowest BCUT2D eigenvalue weighted by Crippen LogP contribution is -2.36. The van der Waals surface area contributed by atoms with Crippen molar-refractivity contribution in [2.45, 2.75) is 24.5 Å². The first kappa shape index (κ1) is 16.9.